The van der Waals surface area contributed by atoms with E-state index in [1.807, 2.05) is 0 Å². The lowest BCUT2D eigenvalue weighted by Gasteiger charge is -2.39. The second-order valence-electron chi connectivity index (χ2n) is 10.4. The molecule has 0 saturated heterocycles. The van der Waals surface area contributed by atoms with E-state index in [1.165, 1.54) is 65.7 Å². The highest BCUT2D eigenvalue weighted by molar-refractivity contribution is 6.20. The average molecular weight is 483 g/mol. The van der Waals surface area contributed by atoms with Gasteiger partial charge in [-0.25, -0.2) is 0 Å². The number of rotatable bonds is 0. The molecule has 176 valence electrons. The van der Waals surface area contributed by atoms with Gasteiger partial charge in [0.05, 0.1) is 5.41 Å². The molecule has 1 heteroatoms. The molecule has 38 heavy (non-hydrogen) atoms. The molecule has 0 radical (unpaired) electrons. The summed E-state index contributed by atoms with van der Waals surface area (Å²) in [4.78, 5) is 0. The average Bonchev–Trinajstić information content (AvgIpc) is 3.28. The normalized spacial score (nSPS) is 14.2. The Morgan fingerprint density at radius 1 is 0.368 bits per heavy atom. The van der Waals surface area contributed by atoms with Crippen molar-refractivity contribution >= 4 is 32.3 Å². The summed E-state index contributed by atoms with van der Waals surface area (Å²) < 4.78 is 6.54. The first-order valence-corrected chi connectivity index (χ1v) is 13.2. The number of fused-ring (bicyclic) bond motifs is 15. The van der Waals surface area contributed by atoms with Gasteiger partial charge in [-0.15, -0.1) is 0 Å². The predicted octanol–water partition coefficient (Wildman–Crippen LogP) is 9.61. The number of hydrogen-bond donors (Lipinski definition) is 0. The van der Waals surface area contributed by atoms with Crippen molar-refractivity contribution in [3.63, 3.8) is 0 Å². The molecule has 2 aliphatic rings. The second kappa shape index (κ2) is 7.12. The minimum atomic E-state index is -0.467. The van der Waals surface area contributed by atoms with Crippen LogP contribution >= 0.6 is 0 Å². The molecule has 0 fully saturated rings. The van der Waals surface area contributed by atoms with Crippen molar-refractivity contribution in [1.82, 2.24) is 0 Å². The van der Waals surface area contributed by atoms with Crippen LogP contribution in [-0.4, -0.2) is 0 Å². The summed E-state index contributed by atoms with van der Waals surface area (Å²) in [5, 5.41) is 7.73. The third-order valence-electron chi connectivity index (χ3n) is 8.70. The molecular weight excluding hydrogens is 460 g/mol. The molecule has 1 nitrogen and oxygen atoms in total. The first-order valence-electron chi connectivity index (χ1n) is 13.2. The first kappa shape index (κ1) is 20.2. The van der Waals surface area contributed by atoms with Crippen molar-refractivity contribution in [1.29, 1.82) is 0 Å². The van der Waals surface area contributed by atoms with E-state index in [-0.39, 0.29) is 0 Å². The fourth-order valence-corrected chi connectivity index (χ4v) is 7.24. The molecule has 1 heterocycles. The van der Waals surface area contributed by atoms with Crippen molar-refractivity contribution in [3.05, 3.63) is 156 Å². The van der Waals surface area contributed by atoms with Gasteiger partial charge in [-0.05, 0) is 66.7 Å². The number of ether oxygens (including phenoxy) is 1. The van der Waals surface area contributed by atoms with E-state index in [9.17, 15) is 0 Å². The maximum absolute atomic E-state index is 6.54. The van der Waals surface area contributed by atoms with Crippen molar-refractivity contribution in [3.8, 4) is 22.6 Å². The smallest absolute Gasteiger partial charge is 0.132 e. The topological polar surface area (TPSA) is 9.23 Å². The zero-order valence-corrected chi connectivity index (χ0v) is 20.6. The molecule has 1 aliphatic heterocycles. The lowest BCUT2D eigenvalue weighted by molar-refractivity contribution is 0.436. The maximum atomic E-state index is 6.54. The molecule has 0 unspecified atom stereocenters. The first-order chi connectivity index (χ1) is 18.9. The Bertz CT molecular complexity index is 2070. The van der Waals surface area contributed by atoms with Gasteiger partial charge in [-0.2, -0.15) is 0 Å². The van der Waals surface area contributed by atoms with Gasteiger partial charge >= 0.3 is 0 Å². The summed E-state index contributed by atoms with van der Waals surface area (Å²) in [5.74, 6) is 1.85. The number of para-hydroxylation sites is 2. The van der Waals surface area contributed by atoms with Crippen LogP contribution in [0.4, 0.5) is 0 Å². The minimum absolute atomic E-state index is 0.467. The van der Waals surface area contributed by atoms with Gasteiger partial charge < -0.3 is 4.74 Å². The van der Waals surface area contributed by atoms with Crippen LogP contribution < -0.4 is 4.74 Å². The van der Waals surface area contributed by atoms with Crippen LogP contribution in [0, 0.1) is 0 Å². The Kier molecular flexibility index (Phi) is 3.78. The number of benzene rings is 7. The Morgan fingerprint density at radius 3 is 1.61 bits per heavy atom. The molecule has 0 atom stereocenters. The van der Waals surface area contributed by atoms with Gasteiger partial charge in [0.25, 0.3) is 0 Å². The van der Waals surface area contributed by atoms with Gasteiger partial charge in [0.2, 0.25) is 0 Å². The summed E-state index contributed by atoms with van der Waals surface area (Å²) >= 11 is 0. The highest BCUT2D eigenvalue weighted by Crippen LogP contribution is 2.64. The Morgan fingerprint density at radius 2 is 0.868 bits per heavy atom. The molecule has 1 spiro atoms. The van der Waals surface area contributed by atoms with Crippen molar-refractivity contribution < 1.29 is 4.74 Å². The maximum Gasteiger partial charge on any atom is 0.132 e. The predicted molar refractivity (Wildman–Crippen MR) is 156 cm³/mol. The molecular formula is C37H22O. The largest absolute Gasteiger partial charge is 0.457 e. The van der Waals surface area contributed by atoms with E-state index >= 15 is 0 Å². The molecule has 0 saturated carbocycles. The fraction of sp³-hybridized carbons (Fsp3) is 0.0270. The van der Waals surface area contributed by atoms with Crippen LogP contribution in [0.15, 0.2) is 133 Å². The van der Waals surface area contributed by atoms with Crippen molar-refractivity contribution in [2.45, 2.75) is 5.41 Å². The van der Waals surface area contributed by atoms with Crippen molar-refractivity contribution in [2.24, 2.45) is 0 Å². The third-order valence-corrected chi connectivity index (χ3v) is 8.70. The summed E-state index contributed by atoms with van der Waals surface area (Å²) in [5.41, 5.74) is 7.28. The SMILES string of the molecule is c1ccc2c(c1)Oc1ccccc1C21c2ccc3ccccc3c2-c2c1ccc1ccc3ccccc3c21. The second-order valence-corrected chi connectivity index (χ2v) is 10.4. The van der Waals surface area contributed by atoms with Gasteiger partial charge in [0.1, 0.15) is 11.5 Å². The molecule has 7 aromatic carbocycles. The minimum Gasteiger partial charge on any atom is -0.457 e. The number of hydrogen-bond acceptors (Lipinski definition) is 1. The molecule has 0 bridgehead atoms. The molecule has 0 aromatic heterocycles. The Balaban J connectivity index is 1.60. The van der Waals surface area contributed by atoms with Gasteiger partial charge in [-0.3, -0.25) is 0 Å². The molecule has 9 rings (SSSR count). The summed E-state index contributed by atoms with van der Waals surface area (Å²) in [6.07, 6.45) is 0. The Hall–Kier alpha value is -4.88. The van der Waals surface area contributed by atoms with Crippen LogP contribution in [0.5, 0.6) is 11.5 Å². The van der Waals surface area contributed by atoms with Crippen LogP contribution in [0.1, 0.15) is 22.3 Å². The summed E-state index contributed by atoms with van der Waals surface area (Å²) in [6, 6.07) is 48.7. The molecule has 0 amide bonds. The molecule has 7 aromatic rings. The highest BCUT2D eigenvalue weighted by Gasteiger charge is 2.51. The van der Waals surface area contributed by atoms with Crippen LogP contribution in [0.3, 0.4) is 0 Å². The lowest BCUT2D eigenvalue weighted by Crippen LogP contribution is -2.32. The van der Waals surface area contributed by atoms with Crippen LogP contribution in [-0.2, 0) is 5.41 Å². The Labute approximate surface area is 220 Å². The highest BCUT2D eigenvalue weighted by atomic mass is 16.5. The lowest BCUT2D eigenvalue weighted by atomic mass is 9.66. The molecule has 0 N–H and O–H groups in total. The van der Waals surface area contributed by atoms with Crippen molar-refractivity contribution in [2.75, 3.05) is 0 Å². The van der Waals surface area contributed by atoms with Crippen LogP contribution in [0.2, 0.25) is 0 Å². The van der Waals surface area contributed by atoms with E-state index in [0.717, 1.165) is 11.5 Å². The van der Waals surface area contributed by atoms with Crippen LogP contribution in [0.25, 0.3) is 43.4 Å². The van der Waals surface area contributed by atoms with E-state index in [1.54, 1.807) is 0 Å². The summed E-state index contributed by atoms with van der Waals surface area (Å²) in [7, 11) is 0. The van der Waals surface area contributed by atoms with Gasteiger partial charge in [-0.1, -0.05) is 121 Å². The van der Waals surface area contributed by atoms with Gasteiger partial charge in [0.15, 0.2) is 0 Å². The zero-order valence-electron chi connectivity index (χ0n) is 20.6. The standard InChI is InChI=1S/C37H22O/c1-3-11-26-23(9-1)17-18-25-20-22-31-36(34(25)26)35-27-12-4-2-10-24(27)19-21-30(35)37(31)28-13-5-7-15-32(28)38-33-16-8-6-14-29(33)37/h1-22H. The fourth-order valence-electron chi connectivity index (χ4n) is 7.24. The van der Waals surface area contributed by atoms with E-state index in [4.69, 9.17) is 4.74 Å². The van der Waals surface area contributed by atoms with Gasteiger partial charge in [0, 0.05) is 11.1 Å². The monoisotopic (exact) mass is 482 g/mol. The van der Waals surface area contributed by atoms with E-state index < -0.39 is 5.41 Å². The van der Waals surface area contributed by atoms with E-state index in [0.29, 0.717) is 0 Å². The summed E-state index contributed by atoms with van der Waals surface area (Å²) in [6.45, 7) is 0. The zero-order chi connectivity index (χ0) is 24.8. The quantitative estimate of drug-likeness (QED) is 0.196. The van der Waals surface area contributed by atoms with E-state index in [2.05, 4.69) is 133 Å². The molecule has 1 aliphatic carbocycles. The third kappa shape index (κ3) is 2.33.